The molecule has 0 unspecified atom stereocenters. The van der Waals surface area contributed by atoms with E-state index in [9.17, 15) is 18.0 Å². The fourth-order valence-corrected chi connectivity index (χ4v) is 3.31. The number of rotatable bonds is 3. The Kier molecular flexibility index (Phi) is 4.40. The highest BCUT2D eigenvalue weighted by molar-refractivity contribution is 5.97. The van der Waals surface area contributed by atoms with E-state index in [1.807, 2.05) is 0 Å². The lowest BCUT2D eigenvalue weighted by Gasteiger charge is -2.25. The summed E-state index contributed by atoms with van der Waals surface area (Å²) in [4.78, 5) is 12.5. The van der Waals surface area contributed by atoms with Crippen molar-refractivity contribution in [2.24, 2.45) is 5.92 Å². The van der Waals surface area contributed by atoms with E-state index in [4.69, 9.17) is 9.47 Å². The quantitative estimate of drug-likeness (QED) is 0.880. The Labute approximate surface area is 152 Å². The predicted octanol–water partition coefficient (Wildman–Crippen LogP) is 2.10. The van der Waals surface area contributed by atoms with E-state index >= 15 is 0 Å². The molecule has 2 aromatic rings. The highest BCUT2D eigenvalue weighted by atomic mass is 19.4. The second-order valence-corrected chi connectivity index (χ2v) is 6.43. The number of benzene rings is 1. The Hall–Kier alpha value is -2.78. The SMILES string of the molecule is O=C(NCc1nnc2n1CC[C@@H](C(F)(F)F)C2)c1cccc2c1OCCO2. The molecule has 1 N–H and O–H groups in total. The van der Waals surface area contributed by atoms with Crippen LogP contribution in [0.2, 0.25) is 0 Å². The first-order valence-corrected chi connectivity index (χ1v) is 8.58. The monoisotopic (exact) mass is 382 g/mol. The van der Waals surface area contributed by atoms with Crippen molar-refractivity contribution in [3.05, 3.63) is 35.4 Å². The molecule has 144 valence electrons. The number of alkyl halides is 3. The van der Waals surface area contributed by atoms with Gasteiger partial charge >= 0.3 is 6.18 Å². The van der Waals surface area contributed by atoms with Gasteiger partial charge in [0, 0.05) is 13.0 Å². The Balaban J connectivity index is 1.45. The molecule has 4 rings (SSSR count). The minimum atomic E-state index is -4.24. The number of nitrogens with zero attached hydrogens (tertiary/aromatic N) is 3. The fourth-order valence-electron chi connectivity index (χ4n) is 3.31. The van der Waals surface area contributed by atoms with Gasteiger partial charge in [-0.25, -0.2) is 0 Å². The number of carbonyl (C=O) groups excluding carboxylic acids is 1. The third-order valence-electron chi connectivity index (χ3n) is 4.71. The summed E-state index contributed by atoms with van der Waals surface area (Å²) < 4.78 is 51.3. The van der Waals surface area contributed by atoms with Crippen molar-refractivity contribution in [3.8, 4) is 11.5 Å². The summed E-state index contributed by atoms with van der Waals surface area (Å²) in [6, 6.07) is 5.03. The highest BCUT2D eigenvalue weighted by Gasteiger charge is 2.42. The van der Waals surface area contributed by atoms with Crippen LogP contribution in [0.5, 0.6) is 11.5 Å². The maximum atomic E-state index is 12.9. The zero-order chi connectivity index (χ0) is 19.0. The van der Waals surface area contributed by atoms with E-state index < -0.39 is 12.1 Å². The number of carbonyl (C=O) groups is 1. The Morgan fingerprint density at radius 2 is 2.07 bits per heavy atom. The van der Waals surface area contributed by atoms with Crippen LogP contribution >= 0.6 is 0 Å². The van der Waals surface area contributed by atoms with Gasteiger partial charge in [-0.1, -0.05) is 6.07 Å². The van der Waals surface area contributed by atoms with E-state index in [2.05, 4.69) is 15.5 Å². The standard InChI is InChI=1S/C17H17F3N4O3/c18-17(19,20)10-4-5-24-13(8-10)22-23-14(24)9-21-16(25)11-2-1-3-12-15(11)27-7-6-26-12/h1-3,10H,4-9H2,(H,21,25)/t10-/m1/s1. The molecule has 1 aromatic heterocycles. The number of nitrogens with one attached hydrogen (secondary N) is 1. The second-order valence-electron chi connectivity index (χ2n) is 6.43. The van der Waals surface area contributed by atoms with Gasteiger partial charge in [-0.15, -0.1) is 10.2 Å². The summed E-state index contributed by atoms with van der Waals surface area (Å²) in [5, 5.41) is 10.5. The van der Waals surface area contributed by atoms with Crippen molar-refractivity contribution in [2.45, 2.75) is 32.1 Å². The van der Waals surface area contributed by atoms with Gasteiger partial charge < -0.3 is 19.4 Å². The molecule has 2 aliphatic heterocycles. The molecule has 1 atom stereocenters. The molecule has 0 aliphatic carbocycles. The van der Waals surface area contributed by atoms with Crippen LogP contribution in [-0.2, 0) is 19.5 Å². The van der Waals surface area contributed by atoms with Gasteiger partial charge in [0.25, 0.3) is 5.91 Å². The van der Waals surface area contributed by atoms with Crippen molar-refractivity contribution in [3.63, 3.8) is 0 Å². The van der Waals surface area contributed by atoms with Crippen LogP contribution in [-0.4, -0.2) is 40.1 Å². The van der Waals surface area contributed by atoms with Crippen molar-refractivity contribution < 1.29 is 27.4 Å². The third-order valence-corrected chi connectivity index (χ3v) is 4.71. The molecule has 0 radical (unpaired) electrons. The van der Waals surface area contributed by atoms with Crippen molar-refractivity contribution >= 4 is 5.91 Å². The smallest absolute Gasteiger partial charge is 0.392 e. The number of hydrogen-bond donors (Lipinski definition) is 1. The zero-order valence-corrected chi connectivity index (χ0v) is 14.3. The van der Waals surface area contributed by atoms with Crippen LogP contribution in [0, 0.1) is 5.92 Å². The first-order chi connectivity index (χ1) is 12.9. The van der Waals surface area contributed by atoms with Gasteiger partial charge in [-0.05, 0) is 18.6 Å². The topological polar surface area (TPSA) is 78.3 Å². The van der Waals surface area contributed by atoms with Crippen molar-refractivity contribution in [1.82, 2.24) is 20.1 Å². The molecule has 10 heteroatoms. The zero-order valence-electron chi connectivity index (χ0n) is 14.3. The molecule has 0 spiro atoms. The number of ether oxygens (including phenoxy) is 2. The van der Waals surface area contributed by atoms with E-state index in [0.717, 1.165) is 0 Å². The van der Waals surface area contributed by atoms with Gasteiger partial charge in [-0.2, -0.15) is 13.2 Å². The number of halogens is 3. The van der Waals surface area contributed by atoms with Crippen molar-refractivity contribution in [1.29, 1.82) is 0 Å². The van der Waals surface area contributed by atoms with Crippen LogP contribution in [0.1, 0.15) is 28.4 Å². The van der Waals surface area contributed by atoms with Crippen LogP contribution < -0.4 is 14.8 Å². The van der Waals surface area contributed by atoms with E-state index in [-0.39, 0.29) is 31.8 Å². The van der Waals surface area contributed by atoms with Gasteiger partial charge in [0.2, 0.25) is 0 Å². The molecule has 7 nitrogen and oxygen atoms in total. The number of aromatic nitrogens is 3. The maximum absolute atomic E-state index is 12.9. The van der Waals surface area contributed by atoms with Gasteiger partial charge in [0.15, 0.2) is 17.3 Å². The third kappa shape index (κ3) is 3.43. The minimum absolute atomic E-state index is 0.0210. The summed E-state index contributed by atoms with van der Waals surface area (Å²) in [7, 11) is 0. The largest absolute Gasteiger partial charge is 0.486 e. The van der Waals surface area contributed by atoms with Gasteiger partial charge in [0.1, 0.15) is 19.0 Å². The molecule has 0 saturated heterocycles. The lowest BCUT2D eigenvalue weighted by Crippen LogP contribution is -2.32. The van der Waals surface area contributed by atoms with E-state index in [1.165, 1.54) is 0 Å². The molecular formula is C17H17F3N4O3. The van der Waals surface area contributed by atoms with Crippen LogP contribution in [0.4, 0.5) is 13.2 Å². The van der Waals surface area contributed by atoms with Crippen LogP contribution in [0.25, 0.3) is 0 Å². The summed E-state index contributed by atoms with van der Waals surface area (Å²) in [5.41, 5.74) is 0.336. The summed E-state index contributed by atoms with van der Waals surface area (Å²) >= 11 is 0. The van der Waals surface area contributed by atoms with E-state index in [1.54, 1.807) is 22.8 Å². The summed E-state index contributed by atoms with van der Waals surface area (Å²) in [5.74, 6) is -0.157. The molecule has 2 aliphatic rings. The molecule has 0 bridgehead atoms. The van der Waals surface area contributed by atoms with E-state index in [0.29, 0.717) is 41.9 Å². The predicted molar refractivity (Wildman–Crippen MR) is 86.5 cm³/mol. The lowest BCUT2D eigenvalue weighted by molar-refractivity contribution is -0.179. The normalized spacial score (nSPS) is 18.7. The first-order valence-electron chi connectivity index (χ1n) is 8.58. The lowest BCUT2D eigenvalue weighted by atomic mass is 9.97. The number of amides is 1. The molecule has 0 saturated carbocycles. The van der Waals surface area contributed by atoms with Gasteiger partial charge in [-0.3, -0.25) is 4.79 Å². The maximum Gasteiger partial charge on any atom is 0.392 e. The number of para-hydroxylation sites is 1. The average molecular weight is 382 g/mol. The Bertz CT molecular complexity index is 866. The van der Waals surface area contributed by atoms with Crippen molar-refractivity contribution in [2.75, 3.05) is 13.2 Å². The fraction of sp³-hybridized carbons (Fsp3) is 0.471. The Morgan fingerprint density at radius 3 is 2.89 bits per heavy atom. The molecule has 1 aromatic carbocycles. The summed E-state index contributed by atoms with van der Waals surface area (Å²) in [6.07, 6.45) is -4.45. The molecule has 0 fully saturated rings. The second kappa shape index (κ2) is 6.75. The Morgan fingerprint density at radius 1 is 1.26 bits per heavy atom. The molecule has 3 heterocycles. The van der Waals surface area contributed by atoms with Crippen LogP contribution in [0.3, 0.4) is 0 Å². The first kappa shape index (κ1) is 17.6. The molecular weight excluding hydrogens is 365 g/mol. The highest BCUT2D eigenvalue weighted by Crippen LogP contribution is 2.35. The average Bonchev–Trinajstić information content (AvgIpc) is 3.07. The molecule has 27 heavy (non-hydrogen) atoms. The number of fused-ring (bicyclic) bond motifs is 2. The minimum Gasteiger partial charge on any atom is -0.486 e. The molecule has 1 amide bonds. The number of hydrogen-bond acceptors (Lipinski definition) is 5. The van der Waals surface area contributed by atoms with Crippen LogP contribution in [0.15, 0.2) is 18.2 Å². The van der Waals surface area contributed by atoms with Gasteiger partial charge in [0.05, 0.1) is 18.0 Å². The summed E-state index contributed by atoms with van der Waals surface area (Å²) in [6.45, 7) is 1.01.